The molecule has 0 bridgehead atoms. The van der Waals surface area contributed by atoms with Gasteiger partial charge in [0.15, 0.2) is 0 Å². The van der Waals surface area contributed by atoms with Gasteiger partial charge in [-0.1, -0.05) is 0 Å². The van der Waals surface area contributed by atoms with Crippen LogP contribution in [0.15, 0.2) is 55.2 Å². The van der Waals surface area contributed by atoms with Gasteiger partial charge in [-0.2, -0.15) is 0 Å². The Labute approximate surface area is 142 Å². The maximum atomic E-state index is 13.3. The van der Waals surface area contributed by atoms with Gasteiger partial charge in [-0.25, -0.2) is 19.2 Å². The van der Waals surface area contributed by atoms with E-state index in [0.717, 1.165) is 0 Å². The highest BCUT2D eigenvalue weighted by Gasteiger charge is 2.26. The zero-order valence-corrected chi connectivity index (χ0v) is 13.1. The van der Waals surface area contributed by atoms with Crippen LogP contribution in [0.25, 0.3) is 5.82 Å². The van der Waals surface area contributed by atoms with E-state index in [9.17, 15) is 9.18 Å². The molecule has 7 heteroatoms. The number of fused-ring (bicyclic) bond motifs is 1. The van der Waals surface area contributed by atoms with Crippen LogP contribution >= 0.6 is 0 Å². The lowest BCUT2D eigenvalue weighted by Gasteiger charge is -2.25. The predicted molar refractivity (Wildman–Crippen MR) is 86.0 cm³/mol. The quantitative estimate of drug-likeness (QED) is 0.686. The fourth-order valence-corrected chi connectivity index (χ4v) is 2.70. The maximum absolute atomic E-state index is 13.3. The second-order valence-electron chi connectivity index (χ2n) is 5.59. The van der Waals surface area contributed by atoms with Crippen LogP contribution in [0, 0.1) is 5.82 Å². The molecule has 0 saturated heterocycles. The summed E-state index contributed by atoms with van der Waals surface area (Å²) in [7, 11) is 0. The van der Waals surface area contributed by atoms with Crippen molar-refractivity contribution in [3.05, 3.63) is 72.2 Å². The molecule has 0 unspecified atom stereocenters. The minimum absolute atomic E-state index is 0.346. The fraction of sp³-hybridized carbons (Fsp3) is 0.167. The number of esters is 1. The van der Waals surface area contributed by atoms with Crippen molar-refractivity contribution in [3.63, 3.8) is 0 Å². The molecule has 0 saturated carbocycles. The van der Waals surface area contributed by atoms with Crippen molar-refractivity contribution in [1.82, 2.24) is 14.5 Å². The van der Waals surface area contributed by atoms with Crippen molar-refractivity contribution in [3.8, 4) is 11.6 Å². The number of ether oxygens (including phenoxy) is 2. The zero-order valence-electron chi connectivity index (χ0n) is 13.1. The van der Waals surface area contributed by atoms with E-state index in [-0.39, 0.29) is 5.82 Å². The van der Waals surface area contributed by atoms with E-state index in [1.54, 1.807) is 41.5 Å². The van der Waals surface area contributed by atoms with E-state index in [1.165, 1.54) is 18.3 Å². The molecular formula is C18H14FN3O3. The normalized spacial score (nSPS) is 16.0. The predicted octanol–water partition coefficient (Wildman–Crippen LogP) is 3.09. The van der Waals surface area contributed by atoms with Gasteiger partial charge >= 0.3 is 5.97 Å². The molecule has 1 aliphatic heterocycles. The number of hydrogen-bond acceptors (Lipinski definition) is 5. The molecule has 0 aliphatic carbocycles. The molecule has 3 aromatic rings. The summed E-state index contributed by atoms with van der Waals surface area (Å²) in [6.07, 6.45) is 6.55. The van der Waals surface area contributed by atoms with E-state index < -0.39 is 12.1 Å². The van der Waals surface area contributed by atoms with Crippen LogP contribution in [0.1, 0.15) is 28.4 Å². The Hall–Kier alpha value is -3.22. The number of halogens is 1. The molecule has 1 aromatic carbocycles. The number of pyridine rings is 1. The van der Waals surface area contributed by atoms with E-state index in [2.05, 4.69) is 9.97 Å². The third-order valence-corrected chi connectivity index (χ3v) is 3.96. The first-order valence-electron chi connectivity index (χ1n) is 7.78. The topological polar surface area (TPSA) is 66.2 Å². The van der Waals surface area contributed by atoms with Gasteiger partial charge in [0.25, 0.3) is 0 Å². The van der Waals surface area contributed by atoms with Crippen LogP contribution in [0.5, 0.6) is 5.75 Å². The molecule has 6 nitrogen and oxygen atoms in total. The fourth-order valence-electron chi connectivity index (χ4n) is 2.70. The molecule has 0 amide bonds. The summed E-state index contributed by atoms with van der Waals surface area (Å²) in [5.41, 5.74) is 1.02. The number of hydrogen-bond donors (Lipinski definition) is 0. The number of imidazole rings is 1. The number of carbonyl (C=O) groups is 1. The molecule has 1 aliphatic rings. The van der Waals surface area contributed by atoms with Crippen molar-refractivity contribution >= 4 is 5.97 Å². The van der Waals surface area contributed by atoms with Crippen molar-refractivity contribution in [2.24, 2.45) is 0 Å². The molecule has 2 aromatic heterocycles. The van der Waals surface area contributed by atoms with Gasteiger partial charge in [0, 0.05) is 36.6 Å². The van der Waals surface area contributed by atoms with Crippen LogP contribution in [-0.4, -0.2) is 27.1 Å². The van der Waals surface area contributed by atoms with E-state index >= 15 is 0 Å². The molecule has 1 atom stereocenters. The first-order chi connectivity index (χ1) is 12.2. The molecule has 126 valence electrons. The third kappa shape index (κ3) is 3.08. The number of aromatic nitrogens is 3. The monoisotopic (exact) mass is 339 g/mol. The summed E-state index contributed by atoms with van der Waals surface area (Å²) in [5.74, 6) is 0.204. The van der Waals surface area contributed by atoms with Crippen molar-refractivity contribution < 1.29 is 18.7 Å². The molecule has 0 radical (unpaired) electrons. The summed E-state index contributed by atoms with van der Waals surface area (Å²) in [6, 6.07) is 7.58. The number of nitrogens with zero attached hydrogens (tertiary/aromatic N) is 3. The second-order valence-corrected chi connectivity index (χ2v) is 5.59. The standard InChI is InChI=1S/C18H14FN3O3/c19-13-2-3-14-15(5-8-24-16(14)9-13)25-18(23)12-1-4-17(21-10-12)22-7-6-20-11-22/h1-4,6-7,9-11,15H,5,8H2/t15-/m0/s1. The van der Waals surface area contributed by atoms with E-state index in [0.29, 0.717) is 35.7 Å². The number of benzene rings is 1. The summed E-state index contributed by atoms with van der Waals surface area (Å²) in [6.45, 7) is 0.367. The van der Waals surface area contributed by atoms with Crippen molar-refractivity contribution in [1.29, 1.82) is 0 Å². The lowest BCUT2D eigenvalue weighted by molar-refractivity contribution is 0.0192. The maximum Gasteiger partial charge on any atom is 0.340 e. The second kappa shape index (κ2) is 6.35. The molecule has 25 heavy (non-hydrogen) atoms. The zero-order chi connectivity index (χ0) is 17.2. The molecule has 0 N–H and O–H groups in total. The van der Waals surface area contributed by atoms with E-state index in [1.807, 2.05) is 0 Å². The molecule has 4 rings (SSSR count). The van der Waals surface area contributed by atoms with Gasteiger partial charge in [0.05, 0.1) is 12.2 Å². The summed E-state index contributed by atoms with van der Waals surface area (Å²) >= 11 is 0. The van der Waals surface area contributed by atoms with Crippen LogP contribution < -0.4 is 4.74 Å². The number of rotatable bonds is 3. The Balaban J connectivity index is 1.51. The lowest BCUT2D eigenvalue weighted by atomic mass is 10.0. The first-order valence-corrected chi connectivity index (χ1v) is 7.78. The van der Waals surface area contributed by atoms with Gasteiger partial charge in [0.1, 0.15) is 29.8 Å². The Morgan fingerprint density at radius 1 is 1.32 bits per heavy atom. The highest BCUT2D eigenvalue weighted by atomic mass is 19.1. The smallest absolute Gasteiger partial charge is 0.340 e. The molecule has 0 spiro atoms. The van der Waals surface area contributed by atoms with Gasteiger partial charge < -0.3 is 9.47 Å². The summed E-state index contributed by atoms with van der Waals surface area (Å²) < 4.78 is 26.0. The Morgan fingerprint density at radius 2 is 2.24 bits per heavy atom. The Bertz CT molecular complexity index is 894. The highest BCUT2D eigenvalue weighted by Crippen LogP contribution is 2.35. The summed E-state index contributed by atoms with van der Waals surface area (Å²) in [4.78, 5) is 20.6. The van der Waals surface area contributed by atoms with Gasteiger partial charge in [-0.15, -0.1) is 0 Å². The van der Waals surface area contributed by atoms with E-state index in [4.69, 9.17) is 9.47 Å². The number of carbonyl (C=O) groups excluding carboxylic acids is 1. The first kappa shape index (κ1) is 15.3. The Morgan fingerprint density at radius 3 is 3.00 bits per heavy atom. The SMILES string of the molecule is O=C(O[C@H]1CCOc2cc(F)ccc21)c1ccc(-n2ccnc2)nc1. The molecule has 3 heterocycles. The van der Waals surface area contributed by atoms with Crippen LogP contribution in [0.4, 0.5) is 4.39 Å². The summed E-state index contributed by atoms with van der Waals surface area (Å²) in [5, 5.41) is 0. The average Bonchev–Trinajstić information content (AvgIpc) is 3.16. The van der Waals surface area contributed by atoms with Crippen LogP contribution in [0.3, 0.4) is 0 Å². The molecule has 0 fully saturated rings. The van der Waals surface area contributed by atoms with Crippen molar-refractivity contribution in [2.75, 3.05) is 6.61 Å². The van der Waals surface area contributed by atoms with Gasteiger partial charge in [-0.05, 0) is 24.3 Å². The third-order valence-electron chi connectivity index (χ3n) is 3.96. The van der Waals surface area contributed by atoms with Crippen LogP contribution in [-0.2, 0) is 4.74 Å². The minimum atomic E-state index is -0.480. The average molecular weight is 339 g/mol. The largest absolute Gasteiger partial charge is 0.493 e. The van der Waals surface area contributed by atoms with Crippen LogP contribution in [0.2, 0.25) is 0 Å². The van der Waals surface area contributed by atoms with Crippen molar-refractivity contribution in [2.45, 2.75) is 12.5 Å². The van der Waals surface area contributed by atoms with Gasteiger partial charge in [-0.3, -0.25) is 4.57 Å². The lowest BCUT2D eigenvalue weighted by Crippen LogP contribution is -2.20. The molecular weight excluding hydrogens is 325 g/mol. The Kier molecular flexibility index (Phi) is 3.89. The highest BCUT2D eigenvalue weighted by molar-refractivity contribution is 5.89. The minimum Gasteiger partial charge on any atom is -0.493 e. The van der Waals surface area contributed by atoms with Gasteiger partial charge in [0.2, 0.25) is 0 Å².